The maximum atomic E-state index is 10.7. The minimum absolute atomic E-state index is 0.0476. The lowest BCUT2D eigenvalue weighted by atomic mass is 10.2. The second kappa shape index (κ2) is 8.69. The third-order valence-corrected chi connectivity index (χ3v) is 3.93. The fourth-order valence-corrected chi connectivity index (χ4v) is 2.39. The average Bonchev–Trinajstić information content (AvgIpc) is 2.59. The molecule has 0 bridgehead atoms. The molecule has 0 fully saturated rings. The van der Waals surface area contributed by atoms with Gasteiger partial charge in [-0.15, -0.1) is 0 Å². The SMILES string of the molecule is COc1cc(CNC(C)C)c(Cl)cc1OCc1ccc([N+](=O)[O-])cc1. The van der Waals surface area contributed by atoms with Crippen LogP contribution in [0.5, 0.6) is 11.5 Å². The van der Waals surface area contributed by atoms with E-state index in [1.165, 1.54) is 12.1 Å². The Morgan fingerprint density at radius 3 is 2.44 bits per heavy atom. The second-order valence-electron chi connectivity index (χ2n) is 5.84. The summed E-state index contributed by atoms with van der Waals surface area (Å²) >= 11 is 6.33. The van der Waals surface area contributed by atoms with E-state index in [2.05, 4.69) is 19.2 Å². The molecule has 25 heavy (non-hydrogen) atoms. The van der Waals surface area contributed by atoms with Crippen LogP contribution in [0.25, 0.3) is 0 Å². The minimum Gasteiger partial charge on any atom is -0.493 e. The van der Waals surface area contributed by atoms with Gasteiger partial charge in [0.15, 0.2) is 11.5 Å². The summed E-state index contributed by atoms with van der Waals surface area (Å²) in [7, 11) is 1.57. The van der Waals surface area contributed by atoms with Crippen LogP contribution in [0.1, 0.15) is 25.0 Å². The molecule has 0 unspecified atom stereocenters. The largest absolute Gasteiger partial charge is 0.493 e. The van der Waals surface area contributed by atoms with Crippen LogP contribution >= 0.6 is 11.6 Å². The molecule has 0 saturated carbocycles. The summed E-state index contributed by atoms with van der Waals surface area (Å²) in [5, 5.41) is 14.6. The van der Waals surface area contributed by atoms with E-state index in [1.54, 1.807) is 25.3 Å². The van der Waals surface area contributed by atoms with Crippen LogP contribution in [0.4, 0.5) is 5.69 Å². The first-order chi connectivity index (χ1) is 11.9. The highest BCUT2D eigenvalue weighted by molar-refractivity contribution is 6.31. The van der Waals surface area contributed by atoms with Crippen LogP contribution in [0.3, 0.4) is 0 Å². The summed E-state index contributed by atoms with van der Waals surface area (Å²) in [6.45, 7) is 5.02. The lowest BCUT2D eigenvalue weighted by Gasteiger charge is -2.15. The van der Waals surface area contributed by atoms with Crippen molar-refractivity contribution in [1.82, 2.24) is 5.32 Å². The van der Waals surface area contributed by atoms with Gasteiger partial charge in [0.1, 0.15) is 6.61 Å². The zero-order valence-corrected chi connectivity index (χ0v) is 15.2. The summed E-state index contributed by atoms with van der Waals surface area (Å²) in [4.78, 5) is 10.2. The number of benzene rings is 2. The minimum atomic E-state index is -0.433. The smallest absolute Gasteiger partial charge is 0.269 e. The molecule has 0 radical (unpaired) electrons. The van der Waals surface area contributed by atoms with E-state index in [0.717, 1.165) is 11.1 Å². The third kappa shape index (κ3) is 5.34. The molecular weight excluding hydrogens is 344 g/mol. The molecule has 0 aliphatic heterocycles. The number of halogens is 1. The summed E-state index contributed by atoms with van der Waals surface area (Å²) in [6.07, 6.45) is 0. The van der Waals surface area contributed by atoms with Gasteiger partial charge in [-0.25, -0.2) is 0 Å². The fourth-order valence-electron chi connectivity index (χ4n) is 2.17. The maximum Gasteiger partial charge on any atom is 0.269 e. The Morgan fingerprint density at radius 2 is 1.88 bits per heavy atom. The highest BCUT2D eigenvalue weighted by atomic mass is 35.5. The standard InChI is InChI=1S/C18H21ClN2O4/c1-12(2)20-10-14-8-17(24-3)18(9-16(14)19)25-11-13-4-6-15(7-5-13)21(22)23/h4-9,12,20H,10-11H2,1-3H3. The molecule has 0 spiro atoms. The number of nitro groups is 1. The number of methoxy groups -OCH3 is 1. The molecule has 0 saturated heterocycles. The normalized spacial score (nSPS) is 10.8. The van der Waals surface area contributed by atoms with Gasteiger partial charge in [-0.3, -0.25) is 10.1 Å². The van der Waals surface area contributed by atoms with Crippen LogP contribution in [-0.4, -0.2) is 18.1 Å². The van der Waals surface area contributed by atoms with Crippen LogP contribution in [0, 0.1) is 10.1 Å². The van der Waals surface area contributed by atoms with Crippen molar-refractivity contribution in [2.75, 3.05) is 7.11 Å². The third-order valence-electron chi connectivity index (χ3n) is 3.57. The van der Waals surface area contributed by atoms with Gasteiger partial charge in [-0.2, -0.15) is 0 Å². The number of non-ortho nitro benzene ring substituents is 1. The van der Waals surface area contributed by atoms with Gasteiger partial charge in [0.2, 0.25) is 0 Å². The van der Waals surface area contributed by atoms with Crippen molar-refractivity contribution in [1.29, 1.82) is 0 Å². The zero-order valence-electron chi connectivity index (χ0n) is 14.4. The number of nitrogens with zero attached hydrogens (tertiary/aromatic N) is 1. The molecule has 0 heterocycles. The predicted molar refractivity (Wildman–Crippen MR) is 97.4 cm³/mol. The first-order valence-electron chi connectivity index (χ1n) is 7.86. The topological polar surface area (TPSA) is 73.6 Å². The van der Waals surface area contributed by atoms with Crippen molar-refractivity contribution in [3.8, 4) is 11.5 Å². The summed E-state index contributed by atoms with van der Waals surface area (Å²) in [5.74, 6) is 1.12. The van der Waals surface area contributed by atoms with Crippen molar-refractivity contribution in [3.63, 3.8) is 0 Å². The Bertz CT molecular complexity index is 733. The van der Waals surface area contributed by atoms with E-state index in [9.17, 15) is 10.1 Å². The molecule has 0 aliphatic rings. The number of ether oxygens (including phenoxy) is 2. The van der Waals surface area contributed by atoms with Crippen LogP contribution in [-0.2, 0) is 13.2 Å². The molecule has 2 aromatic rings. The van der Waals surface area contributed by atoms with Gasteiger partial charge in [-0.1, -0.05) is 25.4 Å². The highest BCUT2D eigenvalue weighted by Gasteiger charge is 2.12. The number of hydrogen-bond acceptors (Lipinski definition) is 5. The predicted octanol–water partition coefficient (Wildman–Crippen LogP) is 4.33. The van der Waals surface area contributed by atoms with Crippen molar-refractivity contribution < 1.29 is 14.4 Å². The van der Waals surface area contributed by atoms with Crippen molar-refractivity contribution in [2.45, 2.75) is 33.0 Å². The zero-order chi connectivity index (χ0) is 18.4. The lowest BCUT2D eigenvalue weighted by Crippen LogP contribution is -2.22. The Kier molecular flexibility index (Phi) is 6.61. The van der Waals surface area contributed by atoms with Gasteiger partial charge < -0.3 is 14.8 Å². The molecule has 7 heteroatoms. The molecule has 0 aliphatic carbocycles. The van der Waals surface area contributed by atoms with E-state index in [0.29, 0.717) is 29.1 Å². The summed E-state index contributed by atoms with van der Waals surface area (Å²) < 4.78 is 11.2. The fraction of sp³-hybridized carbons (Fsp3) is 0.333. The summed E-state index contributed by atoms with van der Waals surface area (Å²) in [6, 6.07) is 10.1. The first kappa shape index (κ1) is 19.0. The van der Waals surface area contributed by atoms with E-state index < -0.39 is 4.92 Å². The number of hydrogen-bond donors (Lipinski definition) is 1. The molecule has 6 nitrogen and oxygen atoms in total. The Morgan fingerprint density at radius 1 is 1.20 bits per heavy atom. The molecule has 2 aromatic carbocycles. The van der Waals surface area contributed by atoms with E-state index in [-0.39, 0.29) is 12.3 Å². The molecule has 134 valence electrons. The van der Waals surface area contributed by atoms with Crippen molar-refractivity contribution in [2.24, 2.45) is 0 Å². The quantitative estimate of drug-likeness (QED) is 0.557. The lowest BCUT2D eigenvalue weighted by molar-refractivity contribution is -0.384. The van der Waals surface area contributed by atoms with Gasteiger partial charge >= 0.3 is 0 Å². The maximum absolute atomic E-state index is 10.7. The summed E-state index contributed by atoms with van der Waals surface area (Å²) in [5.41, 5.74) is 1.79. The molecule has 0 atom stereocenters. The highest BCUT2D eigenvalue weighted by Crippen LogP contribution is 2.34. The van der Waals surface area contributed by atoms with Gasteiger partial charge in [-0.05, 0) is 29.3 Å². The van der Waals surface area contributed by atoms with Crippen LogP contribution in [0.2, 0.25) is 5.02 Å². The number of nitrogens with one attached hydrogen (secondary N) is 1. The monoisotopic (exact) mass is 364 g/mol. The molecule has 2 rings (SSSR count). The Hall–Kier alpha value is -2.31. The molecule has 0 aromatic heterocycles. The molecular formula is C18H21ClN2O4. The molecule has 1 N–H and O–H groups in total. The van der Waals surface area contributed by atoms with E-state index in [1.807, 2.05) is 6.07 Å². The van der Waals surface area contributed by atoms with Crippen LogP contribution in [0.15, 0.2) is 36.4 Å². The Labute approximate surface area is 151 Å². The van der Waals surface area contributed by atoms with Crippen molar-refractivity contribution >= 4 is 17.3 Å². The molecule has 0 amide bonds. The van der Waals surface area contributed by atoms with Crippen LogP contribution < -0.4 is 14.8 Å². The van der Waals surface area contributed by atoms with Gasteiger partial charge in [0, 0.05) is 35.8 Å². The number of nitro benzene ring substituents is 1. The van der Waals surface area contributed by atoms with Crippen molar-refractivity contribution in [3.05, 3.63) is 62.7 Å². The Balaban J connectivity index is 2.10. The average molecular weight is 365 g/mol. The van der Waals surface area contributed by atoms with Gasteiger partial charge in [0.05, 0.1) is 12.0 Å². The first-order valence-corrected chi connectivity index (χ1v) is 8.24. The second-order valence-corrected chi connectivity index (χ2v) is 6.25. The van der Waals surface area contributed by atoms with Gasteiger partial charge in [0.25, 0.3) is 5.69 Å². The van der Waals surface area contributed by atoms with E-state index >= 15 is 0 Å². The van der Waals surface area contributed by atoms with E-state index in [4.69, 9.17) is 21.1 Å². The number of rotatable bonds is 8.